The number of allylic oxidation sites excluding steroid dienone is 2. The molecule has 5 nitrogen and oxygen atoms in total. The summed E-state index contributed by atoms with van der Waals surface area (Å²) >= 11 is 6.47. The van der Waals surface area contributed by atoms with Crippen LogP contribution in [0, 0.1) is 0 Å². The molecule has 1 aromatic heterocycles. The molecule has 1 aliphatic heterocycles. The number of nitrogens with one attached hydrogen (secondary N) is 2. The van der Waals surface area contributed by atoms with Gasteiger partial charge < -0.3 is 10.6 Å². The third-order valence-electron chi connectivity index (χ3n) is 4.76. The fraction of sp³-hybridized carbons (Fsp3) is 0.182. The van der Waals surface area contributed by atoms with Crippen molar-refractivity contribution in [3.63, 3.8) is 0 Å². The van der Waals surface area contributed by atoms with E-state index in [2.05, 4.69) is 28.7 Å². The molecule has 0 bridgehead atoms. The Bertz CT molecular complexity index is 1030. The second kappa shape index (κ2) is 7.90. The van der Waals surface area contributed by atoms with E-state index in [-0.39, 0.29) is 11.9 Å². The lowest BCUT2D eigenvalue weighted by atomic mass is 9.89. The number of hydrogen-bond acceptors (Lipinski definition) is 3. The van der Waals surface area contributed by atoms with E-state index in [0.29, 0.717) is 10.8 Å². The molecular formula is C22H21ClN4O. The molecule has 2 N–H and O–H groups in total. The van der Waals surface area contributed by atoms with Crippen LogP contribution in [0.3, 0.4) is 0 Å². The van der Waals surface area contributed by atoms with Gasteiger partial charge in [0.25, 0.3) is 0 Å². The van der Waals surface area contributed by atoms with Crippen molar-refractivity contribution in [2.45, 2.75) is 25.7 Å². The van der Waals surface area contributed by atoms with E-state index < -0.39 is 0 Å². The number of anilines is 2. The first-order chi connectivity index (χ1) is 13.7. The number of carbonyl (C=O) groups excluding carboxylic acids is 1. The quantitative estimate of drug-likeness (QED) is 0.584. The third kappa shape index (κ3) is 3.53. The Morgan fingerprint density at radius 3 is 2.64 bits per heavy atom. The van der Waals surface area contributed by atoms with Gasteiger partial charge in [0, 0.05) is 27.9 Å². The van der Waals surface area contributed by atoms with Gasteiger partial charge in [-0.1, -0.05) is 67.4 Å². The largest absolute Gasteiger partial charge is 0.348 e. The predicted octanol–water partition coefficient (Wildman–Crippen LogP) is 5.86. The van der Waals surface area contributed by atoms with Gasteiger partial charge in [-0.3, -0.25) is 0 Å². The lowest BCUT2D eigenvalue weighted by Crippen LogP contribution is -2.24. The second-order valence-corrected chi connectivity index (χ2v) is 7.13. The van der Waals surface area contributed by atoms with Gasteiger partial charge in [-0.15, -0.1) is 0 Å². The van der Waals surface area contributed by atoms with Crippen LogP contribution in [0.15, 0.2) is 72.6 Å². The van der Waals surface area contributed by atoms with Crippen LogP contribution in [-0.4, -0.2) is 15.8 Å². The summed E-state index contributed by atoms with van der Waals surface area (Å²) in [5, 5.41) is 11.3. The van der Waals surface area contributed by atoms with Crippen LogP contribution in [0.25, 0.3) is 0 Å². The van der Waals surface area contributed by atoms with E-state index in [9.17, 15) is 4.79 Å². The molecule has 2 heterocycles. The highest BCUT2D eigenvalue weighted by Gasteiger charge is 2.28. The van der Waals surface area contributed by atoms with Crippen LogP contribution in [0.4, 0.5) is 16.3 Å². The molecular weight excluding hydrogens is 372 g/mol. The number of rotatable bonds is 4. The number of nitrogens with zero attached hydrogens (tertiary/aromatic N) is 2. The number of amides is 1. The molecule has 28 heavy (non-hydrogen) atoms. The normalized spacial score (nSPS) is 15.4. The smallest absolute Gasteiger partial charge is 0.344 e. The highest BCUT2D eigenvalue weighted by Crippen LogP contribution is 2.40. The van der Waals surface area contributed by atoms with Crippen molar-refractivity contribution in [2.75, 3.05) is 10.6 Å². The minimum absolute atomic E-state index is 0.0511. The maximum atomic E-state index is 12.8. The van der Waals surface area contributed by atoms with E-state index >= 15 is 0 Å². The van der Waals surface area contributed by atoms with Gasteiger partial charge in [-0.2, -0.15) is 9.78 Å². The minimum atomic E-state index is -0.310. The Hall–Kier alpha value is -3.05. The zero-order chi connectivity index (χ0) is 19.5. The lowest BCUT2D eigenvalue weighted by molar-refractivity contribution is 0.251. The Kier molecular flexibility index (Phi) is 5.17. The molecule has 0 radical (unpaired) electrons. The molecule has 6 heteroatoms. The first-order valence-corrected chi connectivity index (χ1v) is 9.71. The molecule has 0 spiro atoms. The molecule has 1 aliphatic rings. The van der Waals surface area contributed by atoms with Gasteiger partial charge >= 0.3 is 6.03 Å². The summed E-state index contributed by atoms with van der Waals surface area (Å²) in [5.74, 6) is 0.633. The SMILES string of the molecule is CCCC1=CC(c2ccccc2Cl)c2cnn(C(=O)Nc3ccccc3)c2N1. The summed E-state index contributed by atoms with van der Waals surface area (Å²) < 4.78 is 1.38. The van der Waals surface area contributed by atoms with Gasteiger partial charge in [-0.25, -0.2) is 4.79 Å². The Labute approximate surface area is 169 Å². The molecule has 2 aromatic carbocycles. The second-order valence-electron chi connectivity index (χ2n) is 6.72. The summed E-state index contributed by atoms with van der Waals surface area (Å²) in [6.07, 6.45) is 5.79. The number of hydrogen-bond donors (Lipinski definition) is 2. The average Bonchev–Trinajstić information content (AvgIpc) is 3.13. The molecule has 0 aliphatic carbocycles. The highest BCUT2D eigenvalue weighted by molar-refractivity contribution is 6.31. The zero-order valence-electron chi connectivity index (χ0n) is 15.5. The van der Waals surface area contributed by atoms with Crippen LogP contribution in [-0.2, 0) is 0 Å². The van der Waals surface area contributed by atoms with Crippen LogP contribution >= 0.6 is 11.6 Å². The Morgan fingerprint density at radius 2 is 1.89 bits per heavy atom. The number of halogens is 1. The van der Waals surface area contributed by atoms with E-state index in [0.717, 1.165) is 35.4 Å². The minimum Gasteiger partial charge on any atom is -0.344 e. The van der Waals surface area contributed by atoms with Crippen molar-refractivity contribution in [3.05, 3.63) is 88.7 Å². The van der Waals surface area contributed by atoms with E-state index in [1.54, 1.807) is 6.20 Å². The number of benzene rings is 2. The monoisotopic (exact) mass is 392 g/mol. The standard InChI is InChI=1S/C22H21ClN4O/c1-2-8-16-13-18(17-11-6-7-12-20(17)23)19-14-24-27(21(19)25-16)22(28)26-15-9-4-3-5-10-15/h3-7,9-14,18,25H,2,8H2,1H3,(H,26,28). The van der Waals surface area contributed by atoms with Crippen LogP contribution in [0.5, 0.6) is 0 Å². The molecule has 4 rings (SSSR count). The molecule has 0 fully saturated rings. The molecule has 1 amide bonds. The fourth-order valence-corrected chi connectivity index (χ4v) is 3.70. The number of para-hydroxylation sites is 1. The molecule has 0 saturated heterocycles. The van der Waals surface area contributed by atoms with Gasteiger partial charge in [0.1, 0.15) is 5.82 Å². The topological polar surface area (TPSA) is 59.0 Å². The summed E-state index contributed by atoms with van der Waals surface area (Å²) in [7, 11) is 0. The molecule has 142 valence electrons. The van der Waals surface area contributed by atoms with Gasteiger partial charge in [-0.05, 0) is 30.2 Å². The van der Waals surface area contributed by atoms with Crippen molar-refractivity contribution in [1.82, 2.24) is 9.78 Å². The van der Waals surface area contributed by atoms with Gasteiger partial charge in [0.05, 0.1) is 6.20 Å². The predicted molar refractivity (Wildman–Crippen MR) is 113 cm³/mol. The lowest BCUT2D eigenvalue weighted by Gasteiger charge is -2.25. The van der Waals surface area contributed by atoms with Gasteiger partial charge in [0.15, 0.2) is 0 Å². The highest BCUT2D eigenvalue weighted by atomic mass is 35.5. The van der Waals surface area contributed by atoms with Crippen LogP contribution < -0.4 is 10.6 Å². The first-order valence-electron chi connectivity index (χ1n) is 9.34. The maximum absolute atomic E-state index is 12.8. The van der Waals surface area contributed by atoms with Crippen molar-refractivity contribution >= 4 is 29.1 Å². The number of fused-ring (bicyclic) bond motifs is 1. The van der Waals surface area contributed by atoms with Gasteiger partial charge in [0.2, 0.25) is 0 Å². The van der Waals surface area contributed by atoms with Crippen molar-refractivity contribution in [2.24, 2.45) is 0 Å². The molecule has 1 atom stereocenters. The average molecular weight is 393 g/mol. The van der Waals surface area contributed by atoms with Crippen molar-refractivity contribution < 1.29 is 4.79 Å². The molecule has 0 saturated carbocycles. The van der Waals surface area contributed by atoms with E-state index in [1.165, 1.54) is 4.68 Å². The summed E-state index contributed by atoms with van der Waals surface area (Å²) in [6.45, 7) is 2.13. The summed E-state index contributed by atoms with van der Waals surface area (Å²) in [4.78, 5) is 12.8. The van der Waals surface area contributed by atoms with E-state index in [4.69, 9.17) is 11.6 Å². The van der Waals surface area contributed by atoms with E-state index in [1.807, 2.05) is 54.6 Å². The molecule has 1 unspecified atom stereocenters. The fourth-order valence-electron chi connectivity index (χ4n) is 3.45. The Morgan fingerprint density at radius 1 is 1.14 bits per heavy atom. The summed E-state index contributed by atoms with van der Waals surface area (Å²) in [5.41, 5.74) is 3.72. The van der Waals surface area contributed by atoms with Crippen molar-refractivity contribution in [1.29, 1.82) is 0 Å². The number of aromatic nitrogens is 2. The summed E-state index contributed by atoms with van der Waals surface area (Å²) in [6, 6.07) is 16.8. The number of carbonyl (C=O) groups is 1. The zero-order valence-corrected chi connectivity index (χ0v) is 16.3. The molecule has 3 aromatic rings. The maximum Gasteiger partial charge on any atom is 0.348 e. The van der Waals surface area contributed by atoms with Crippen LogP contribution in [0.2, 0.25) is 5.02 Å². The van der Waals surface area contributed by atoms with Crippen molar-refractivity contribution in [3.8, 4) is 0 Å². The van der Waals surface area contributed by atoms with Crippen LogP contribution in [0.1, 0.15) is 36.8 Å². The third-order valence-corrected chi connectivity index (χ3v) is 5.10. The Balaban J connectivity index is 1.72. The first kappa shape index (κ1) is 18.3.